The zero-order valence-electron chi connectivity index (χ0n) is 17.2. The van der Waals surface area contributed by atoms with E-state index < -0.39 is 17.1 Å². The number of ether oxygens (including phenoxy) is 2. The van der Waals surface area contributed by atoms with Crippen LogP contribution >= 0.6 is 0 Å². The van der Waals surface area contributed by atoms with Crippen LogP contribution in [-0.2, 0) is 17.8 Å². The molecule has 10 heteroatoms. The summed E-state index contributed by atoms with van der Waals surface area (Å²) < 4.78 is 11.5. The third-order valence-electron chi connectivity index (χ3n) is 4.42. The number of aromatic amines is 1. The van der Waals surface area contributed by atoms with Crippen molar-refractivity contribution in [1.29, 1.82) is 0 Å². The van der Waals surface area contributed by atoms with E-state index in [4.69, 9.17) is 9.47 Å². The average Bonchev–Trinajstić information content (AvgIpc) is 2.73. The maximum absolute atomic E-state index is 12.1. The van der Waals surface area contributed by atoms with Crippen LogP contribution in [0.4, 0.5) is 0 Å². The fourth-order valence-electron chi connectivity index (χ4n) is 2.74. The molecular weight excluding hydrogens is 392 g/mol. The smallest absolute Gasteiger partial charge is 0.331 e. The molecule has 30 heavy (non-hydrogen) atoms. The molecule has 0 aliphatic heterocycles. The Morgan fingerprint density at radius 1 is 1.27 bits per heavy atom. The van der Waals surface area contributed by atoms with Gasteiger partial charge in [0.15, 0.2) is 11.5 Å². The molecule has 0 aliphatic carbocycles. The predicted molar refractivity (Wildman–Crippen MR) is 111 cm³/mol. The molecule has 1 aromatic heterocycles. The Kier molecular flexibility index (Phi) is 8.21. The second-order valence-electron chi connectivity index (χ2n) is 6.48. The first-order valence-corrected chi connectivity index (χ1v) is 9.50. The van der Waals surface area contributed by atoms with E-state index in [-0.39, 0.29) is 18.0 Å². The number of nitrogens with zero attached hydrogens (tertiary/aromatic N) is 2. The summed E-state index contributed by atoms with van der Waals surface area (Å²) in [6, 6.07) is 5.31. The first kappa shape index (κ1) is 22.7. The lowest BCUT2D eigenvalue weighted by Gasteiger charge is -2.12. The average molecular weight is 418 g/mol. The summed E-state index contributed by atoms with van der Waals surface area (Å²) >= 11 is 0. The van der Waals surface area contributed by atoms with Gasteiger partial charge in [-0.15, -0.1) is 0 Å². The lowest BCUT2D eigenvalue weighted by atomic mass is 10.1. The highest BCUT2D eigenvalue weighted by molar-refractivity contribution is 5.83. The van der Waals surface area contributed by atoms with Crippen molar-refractivity contribution < 1.29 is 19.4 Å². The molecule has 10 nitrogen and oxygen atoms in total. The van der Waals surface area contributed by atoms with Crippen molar-refractivity contribution in [2.45, 2.75) is 39.2 Å². The fourth-order valence-corrected chi connectivity index (χ4v) is 2.74. The van der Waals surface area contributed by atoms with Gasteiger partial charge in [0.2, 0.25) is 11.8 Å². The third kappa shape index (κ3) is 5.72. The Morgan fingerprint density at radius 3 is 2.67 bits per heavy atom. The molecule has 1 heterocycles. The molecule has 0 aliphatic rings. The van der Waals surface area contributed by atoms with Crippen molar-refractivity contribution in [3.63, 3.8) is 0 Å². The van der Waals surface area contributed by atoms with E-state index >= 15 is 0 Å². The van der Waals surface area contributed by atoms with Gasteiger partial charge in [-0.25, -0.2) is 10.2 Å². The molecule has 3 N–H and O–H groups in total. The summed E-state index contributed by atoms with van der Waals surface area (Å²) in [7, 11) is 3.05. The Hall–Kier alpha value is -3.56. The number of methoxy groups -OCH3 is 2. The lowest BCUT2D eigenvalue weighted by molar-refractivity contribution is -0.121. The first-order chi connectivity index (χ1) is 14.4. The molecule has 2 rings (SSSR count). The number of benzene rings is 1. The molecule has 1 amide bonds. The van der Waals surface area contributed by atoms with Crippen molar-refractivity contribution >= 4 is 12.1 Å². The number of rotatable bonds is 10. The van der Waals surface area contributed by atoms with Gasteiger partial charge in [0, 0.05) is 13.0 Å². The summed E-state index contributed by atoms with van der Waals surface area (Å²) in [4.78, 5) is 37.9. The molecule has 0 fully saturated rings. The number of nitrogens with one attached hydrogen (secondary N) is 2. The van der Waals surface area contributed by atoms with E-state index in [1.54, 1.807) is 12.1 Å². The molecule has 0 spiro atoms. The maximum Gasteiger partial charge on any atom is 0.331 e. The van der Waals surface area contributed by atoms with E-state index in [9.17, 15) is 19.5 Å². The van der Waals surface area contributed by atoms with Gasteiger partial charge in [0.25, 0.3) is 5.56 Å². The predicted octanol–water partition coefficient (Wildman–Crippen LogP) is 1.14. The summed E-state index contributed by atoms with van der Waals surface area (Å²) in [5.41, 5.74) is 1.35. The number of hydrogen-bond acceptors (Lipinski definition) is 7. The van der Waals surface area contributed by atoms with Gasteiger partial charge in [-0.3, -0.25) is 19.1 Å². The fraction of sp³-hybridized carbons (Fsp3) is 0.400. The van der Waals surface area contributed by atoms with Gasteiger partial charge in [0.1, 0.15) is 5.56 Å². The maximum atomic E-state index is 12.1. The Morgan fingerprint density at radius 2 is 2.00 bits per heavy atom. The number of carbonyl (C=O) groups is 1. The molecule has 1 aromatic carbocycles. The lowest BCUT2D eigenvalue weighted by Crippen LogP contribution is -2.33. The highest BCUT2D eigenvalue weighted by Crippen LogP contribution is 2.27. The molecule has 0 saturated heterocycles. The molecule has 0 atom stereocenters. The van der Waals surface area contributed by atoms with Crippen LogP contribution in [0.3, 0.4) is 0 Å². The Bertz CT molecular complexity index is 1020. The highest BCUT2D eigenvalue weighted by atomic mass is 16.5. The number of amides is 1. The van der Waals surface area contributed by atoms with Gasteiger partial charge in [-0.1, -0.05) is 19.4 Å². The number of H-pyrrole nitrogens is 1. The molecule has 0 saturated carbocycles. The minimum absolute atomic E-state index is 0.0978. The van der Waals surface area contributed by atoms with Gasteiger partial charge in [0.05, 0.1) is 20.4 Å². The van der Waals surface area contributed by atoms with E-state index in [1.165, 1.54) is 14.2 Å². The quantitative estimate of drug-likeness (QED) is 0.391. The van der Waals surface area contributed by atoms with Crippen LogP contribution in [-0.4, -0.2) is 41.0 Å². The van der Waals surface area contributed by atoms with Crippen LogP contribution in [0.5, 0.6) is 17.4 Å². The molecule has 162 valence electrons. The Balaban J connectivity index is 2.19. The summed E-state index contributed by atoms with van der Waals surface area (Å²) in [6.45, 7) is 2.06. The summed E-state index contributed by atoms with van der Waals surface area (Å²) in [5, 5.41) is 14.1. The van der Waals surface area contributed by atoms with Crippen LogP contribution in [0.1, 0.15) is 37.3 Å². The van der Waals surface area contributed by atoms with E-state index in [0.29, 0.717) is 30.8 Å². The number of carbonyl (C=O) groups excluding carboxylic acids is 1. The van der Waals surface area contributed by atoms with Gasteiger partial charge in [-0.2, -0.15) is 5.10 Å². The second kappa shape index (κ2) is 10.8. The van der Waals surface area contributed by atoms with Crippen molar-refractivity contribution in [3.05, 3.63) is 50.2 Å². The van der Waals surface area contributed by atoms with Crippen molar-refractivity contribution in [1.82, 2.24) is 15.0 Å². The zero-order chi connectivity index (χ0) is 22.1. The van der Waals surface area contributed by atoms with Crippen molar-refractivity contribution in [2.75, 3.05) is 14.2 Å². The van der Waals surface area contributed by atoms with Crippen molar-refractivity contribution in [3.8, 4) is 17.4 Å². The van der Waals surface area contributed by atoms with E-state index in [2.05, 4.69) is 15.5 Å². The second-order valence-corrected chi connectivity index (χ2v) is 6.48. The summed E-state index contributed by atoms with van der Waals surface area (Å²) in [5.74, 6) is 0.283. The zero-order valence-corrected chi connectivity index (χ0v) is 17.2. The minimum Gasteiger partial charge on any atom is -0.494 e. The molecule has 0 radical (unpaired) electrons. The van der Waals surface area contributed by atoms with Crippen molar-refractivity contribution in [2.24, 2.45) is 5.10 Å². The minimum atomic E-state index is -0.800. The number of hydrazone groups is 1. The number of aromatic hydroxyl groups is 1. The Labute approximate surface area is 173 Å². The number of hydrogen-bond donors (Lipinski definition) is 3. The molecule has 0 unspecified atom stereocenters. The van der Waals surface area contributed by atoms with Gasteiger partial charge in [-0.05, 0) is 30.5 Å². The summed E-state index contributed by atoms with van der Waals surface area (Å²) in [6.07, 6.45) is 3.28. The highest BCUT2D eigenvalue weighted by Gasteiger charge is 2.13. The number of aryl methyl sites for hydroxylation is 1. The largest absolute Gasteiger partial charge is 0.494 e. The van der Waals surface area contributed by atoms with E-state index in [0.717, 1.165) is 22.8 Å². The molecular formula is C20H26N4O6. The van der Waals surface area contributed by atoms with Crippen LogP contribution in [0.2, 0.25) is 0 Å². The number of unbranched alkanes of at least 4 members (excludes halogenated alkanes) is 1. The normalized spacial score (nSPS) is 10.9. The van der Waals surface area contributed by atoms with Crippen LogP contribution in [0, 0.1) is 0 Å². The number of aromatic nitrogens is 2. The van der Waals surface area contributed by atoms with Gasteiger partial charge < -0.3 is 14.6 Å². The van der Waals surface area contributed by atoms with Crippen LogP contribution in [0.15, 0.2) is 32.9 Å². The van der Waals surface area contributed by atoms with Crippen LogP contribution in [0.25, 0.3) is 0 Å². The molecule has 2 aromatic rings. The molecule has 0 bridgehead atoms. The topological polar surface area (TPSA) is 135 Å². The first-order valence-electron chi connectivity index (χ1n) is 9.50. The van der Waals surface area contributed by atoms with E-state index in [1.807, 2.05) is 13.0 Å². The standard InChI is InChI=1S/C20H26N4O6/c1-4-5-6-17(25)23-21-12-14-18(26)22-20(28)24(19(14)27)10-9-13-7-8-15(29-2)16(11-13)30-3/h7-8,11-12,27H,4-6,9-10H2,1-3H3,(H,23,25)(H,22,26,28)/b21-12-. The SMILES string of the molecule is CCCCC(=O)N/N=C\c1c(O)n(CCc2ccc(OC)c(OC)c2)c(=O)[nH]c1=O. The third-order valence-corrected chi connectivity index (χ3v) is 4.42. The van der Waals surface area contributed by atoms with Crippen LogP contribution < -0.4 is 26.1 Å². The monoisotopic (exact) mass is 418 g/mol. The van der Waals surface area contributed by atoms with Gasteiger partial charge >= 0.3 is 5.69 Å².